The normalized spacial score (nSPS) is 15.1. The summed E-state index contributed by atoms with van der Waals surface area (Å²) in [5.74, 6) is -1.23. The first-order valence-electron chi connectivity index (χ1n) is 12.7. The summed E-state index contributed by atoms with van der Waals surface area (Å²) >= 11 is 0. The number of halogens is 1. The van der Waals surface area contributed by atoms with Crippen LogP contribution < -0.4 is 32.9 Å². The molecule has 0 aliphatic carbocycles. The summed E-state index contributed by atoms with van der Waals surface area (Å²) in [6, 6.07) is 39.7. The van der Waals surface area contributed by atoms with Crippen molar-refractivity contribution in [3.8, 4) is 0 Å². The minimum absolute atomic E-state index is 0. The van der Waals surface area contributed by atoms with Crippen LogP contribution in [-0.2, 0) is 25.5 Å². The minimum Gasteiger partial charge on any atom is -1.00 e. The molecular weight excluding hydrogens is 573 g/mol. The molecule has 1 fully saturated rings. The van der Waals surface area contributed by atoms with Gasteiger partial charge in [-0.05, 0) is 48.4 Å². The summed E-state index contributed by atoms with van der Waals surface area (Å²) in [4.78, 5) is 40.6. The Balaban J connectivity index is 0.00000353. The number of carbonyl (C=O) groups is 3. The zero-order valence-corrected chi connectivity index (χ0v) is 23.8. The molecule has 39 heavy (non-hydrogen) atoms. The predicted octanol–water partition coefficient (Wildman–Crippen LogP) is 0.898. The van der Waals surface area contributed by atoms with Gasteiger partial charge in [-0.3, -0.25) is 14.5 Å². The summed E-state index contributed by atoms with van der Waals surface area (Å²) < 4.78 is 5.77. The lowest BCUT2D eigenvalue weighted by atomic mass is 10.1. The molecule has 0 aromatic heterocycles. The maximum atomic E-state index is 13.6. The molecule has 1 atom stereocenters. The van der Waals surface area contributed by atoms with Gasteiger partial charge in [-0.2, -0.15) is 0 Å². The van der Waals surface area contributed by atoms with Gasteiger partial charge in [0.1, 0.15) is 23.2 Å². The molecule has 0 bridgehead atoms. The van der Waals surface area contributed by atoms with E-state index >= 15 is 0 Å². The van der Waals surface area contributed by atoms with Gasteiger partial charge in [-0.25, -0.2) is 4.79 Å². The van der Waals surface area contributed by atoms with Crippen molar-refractivity contribution in [2.75, 3.05) is 12.7 Å². The molecule has 1 saturated heterocycles. The van der Waals surface area contributed by atoms with E-state index in [4.69, 9.17) is 4.74 Å². The van der Waals surface area contributed by atoms with E-state index in [1.165, 1.54) is 4.90 Å². The summed E-state index contributed by atoms with van der Waals surface area (Å²) in [7, 11) is -2.45. The number of rotatable bonds is 9. The number of benzene rings is 4. The molecule has 4 aromatic carbocycles. The Morgan fingerprint density at radius 2 is 1.15 bits per heavy atom. The summed E-state index contributed by atoms with van der Waals surface area (Å²) in [6.45, 7) is 0.269. The Bertz CT molecular complexity index is 1300. The molecule has 0 spiro atoms. The molecule has 2 amide bonds. The maximum absolute atomic E-state index is 13.6. The van der Waals surface area contributed by atoms with E-state index in [0.717, 1.165) is 21.5 Å². The Morgan fingerprint density at radius 3 is 1.62 bits per heavy atom. The van der Waals surface area contributed by atoms with Crippen LogP contribution in [0.3, 0.4) is 0 Å². The van der Waals surface area contributed by atoms with Gasteiger partial charge in [0.2, 0.25) is 5.91 Å². The van der Waals surface area contributed by atoms with Gasteiger partial charge in [-0.15, -0.1) is 0 Å². The number of esters is 1. The molecular formula is C32H29BrNO4P. The second-order valence-electron chi connectivity index (χ2n) is 9.28. The van der Waals surface area contributed by atoms with Crippen molar-refractivity contribution in [2.24, 2.45) is 0 Å². The zero-order chi connectivity index (χ0) is 26.4. The molecule has 0 radical (unpaired) electrons. The second kappa shape index (κ2) is 13.0. The van der Waals surface area contributed by atoms with E-state index in [9.17, 15) is 14.4 Å². The number of carbonyl (C=O) groups excluding carboxylic acids is 3. The van der Waals surface area contributed by atoms with Gasteiger partial charge in [0, 0.05) is 6.54 Å². The highest BCUT2D eigenvalue weighted by Gasteiger charge is 2.49. The monoisotopic (exact) mass is 601 g/mol. The van der Waals surface area contributed by atoms with Gasteiger partial charge in [0.15, 0.2) is 12.3 Å². The summed E-state index contributed by atoms with van der Waals surface area (Å²) in [5.41, 5.74) is 1.04. The van der Waals surface area contributed by atoms with Gasteiger partial charge in [0.05, 0.1) is 6.42 Å². The van der Waals surface area contributed by atoms with Gasteiger partial charge >= 0.3 is 5.97 Å². The first-order valence-corrected chi connectivity index (χ1v) is 14.7. The Labute approximate surface area is 239 Å². The van der Waals surface area contributed by atoms with E-state index in [0.29, 0.717) is 6.42 Å². The van der Waals surface area contributed by atoms with Crippen LogP contribution in [0.25, 0.3) is 0 Å². The molecule has 1 aliphatic rings. The molecule has 198 valence electrons. The van der Waals surface area contributed by atoms with Crippen molar-refractivity contribution in [1.29, 1.82) is 0 Å². The van der Waals surface area contributed by atoms with E-state index in [2.05, 4.69) is 36.4 Å². The number of hydrogen-bond acceptors (Lipinski definition) is 4. The summed E-state index contributed by atoms with van der Waals surface area (Å²) in [5, 5.41) is 3.15. The molecule has 5 rings (SSSR count). The number of likely N-dealkylation sites (tertiary alicyclic amines) is 1. The van der Waals surface area contributed by atoms with E-state index in [-0.39, 0.29) is 42.0 Å². The topological polar surface area (TPSA) is 63.7 Å². The standard InChI is InChI=1S/C32H29NO4P.BrH/c34-30-23-29(32(36)33(30)22-21-25-13-5-1-6-14-25)37-31(35)24-38(26-15-7-2-8-16-26,27-17-9-3-10-18-27)28-19-11-4-12-20-28;/h1-20,29H,21-24H2;1H/q+1;/p-1/t29-;/m0./s1. The molecule has 1 heterocycles. The first-order chi connectivity index (χ1) is 18.6. The van der Waals surface area contributed by atoms with Gasteiger partial charge < -0.3 is 21.7 Å². The van der Waals surface area contributed by atoms with Crippen molar-refractivity contribution < 1.29 is 36.1 Å². The van der Waals surface area contributed by atoms with Crippen LogP contribution in [0.15, 0.2) is 121 Å². The Kier molecular flexibility index (Phi) is 9.45. The third-order valence-electron chi connectivity index (χ3n) is 6.90. The quantitative estimate of drug-likeness (QED) is 0.162. The SMILES string of the molecule is O=C(C[P+](c1ccccc1)(c1ccccc1)c1ccccc1)O[C@H]1CC(=O)N(CCc2ccccc2)C1=O.[Br-]. The summed E-state index contributed by atoms with van der Waals surface area (Å²) in [6.07, 6.45) is -0.557. The highest BCUT2D eigenvalue weighted by Crippen LogP contribution is 2.55. The van der Waals surface area contributed by atoms with Gasteiger partial charge in [0.25, 0.3) is 5.91 Å². The number of nitrogens with zero attached hydrogens (tertiary/aromatic N) is 1. The third kappa shape index (κ3) is 6.19. The molecule has 1 aliphatic heterocycles. The molecule has 7 heteroatoms. The average molecular weight is 602 g/mol. The fraction of sp³-hybridized carbons (Fsp3) is 0.156. The smallest absolute Gasteiger partial charge is 0.345 e. The molecule has 0 saturated carbocycles. The molecule has 5 nitrogen and oxygen atoms in total. The number of ether oxygens (including phenoxy) is 1. The van der Waals surface area contributed by atoms with Crippen LogP contribution in [0.2, 0.25) is 0 Å². The predicted molar refractivity (Wildman–Crippen MR) is 151 cm³/mol. The van der Waals surface area contributed by atoms with Crippen LogP contribution in [0.4, 0.5) is 0 Å². The largest absolute Gasteiger partial charge is 1.00 e. The van der Waals surface area contributed by atoms with Crippen LogP contribution >= 0.6 is 7.26 Å². The molecule has 0 unspecified atom stereocenters. The second-order valence-corrected chi connectivity index (χ2v) is 12.8. The van der Waals surface area contributed by atoms with Crippen LogP contribution in [-0.4, -0.2) is 41.5 Å². The van der Waals surface area contributed by atoms with E-state index < -0.39 is 25.2 Å². The van der Waals surface area contributed by atoms with Crippen molar-refractivity contribution in [3.63, 3.8) is 0 Å². The fourth-order valence-electron chi connectivity index (χ4n) is 5.02. The maximum Gasteiger partial charge on any atom is 0.345 e. The lowest BCUT2D eigenvalue weighted by molar-refractivity contribution is -0.154. The van der Waals surface area contributed by atoms with Crippen molar-refractivity contribution >= 4 is 41.0 Å². The van der Waals surface area contributed by atoms with Crippen molar-refractivity contribution in [2.45, 2.75) is 18.9 Å². The Hall–Kier alpha value is -3.60. The van der Waals surface area contributed by atoms with Crippen LogP contribution in [0.1, 0.15) is 12.0 Å². The van der Waals surface area contributed by atoms with E-state index in [1.807, 2.05) is 84.9 Å². The number of imide groups is 1. The van der Waals surface area contributed by atoms with E-state index in [1.54, 1.807) is 0 Å². The van der Waals surface area contributed by atoms with Gasteiger partial charge in [-0.1, -0.05) is 84.9 Å². The lowest BCUT2D eigenvalue weighted by Crippen LogP contribution is -3.00. The highest BCUT2D eigenvalue weighted by molar-refractivity contribution is 7.96. The average Bonchev–Trinajstić information content (AvgIpc) is 3.23. The first kappa shape index (κ1) is 28.4. The van der Waals surface area contributed by atoms with Crippen LogP contribution in [0, 0.1) is 0 Å². The Morgan fingerprint density at radius 1 is 0.718 bits per heavy atom. The third-order valence-corrected chi connectivity index (χ3v) is 11.2. The lowest BCUT2D eigenvalue weighted by Gasteiger charge is -2.27. The molecule has 0 N–H and O–H groups in total. The number of amides is 2. The highest BCUT2D eigenvalue weighted by atomic mass is 79.9. The van der Waals surface area contributed by atoms with Crippen molar-refractivity contribution in [1.82, 2.24) is 4.90 Å². The fourth-order valence-corrected chi connectivity index (χ4v) is 8.97. The number of hydrogen-bond donors (Lipinski definition) is 0. The molecule has 4 aromatic rings. The zero-order valence-electron chi connectivity index (χ0n) is 21.4. The minimum atomic E-state index is -2.45. The van der Waals surface area contributed by atoms with Crippen molar-refractivity contribution in [3.05, 3.63) is 127 Å². The van der Waals surface area contributed by atoms with Crippen LogP contribution in [0.5, 0.6) is 0 Å².